The monoisotopic (exact) mass is 249 g/mol. The number of rotatable bonds is 4. The molecule has 0 saturated carbocycles. The molecule has 2 aromatic rings. The summed E-state index contributed by atoms with van der Waals surface area (Å²) in [6.45, 7) is 0.391. The maximum atomic E-state index is 9.00. The SMILES string of the molecule is OCc1cccc(OCc2ccc(Cl)cn2)c1. The van der Waals surface area contributed by atoms with Crippen molar-refractivity contribution in [1.82, 2.24) is 4.98 Å². The lowest BCUT2D eigenvalue weighted by atomic mass is 10.2. The third-order valence-corrected chi connectivity index (χ3v) is 2.48. The molecule has 1 aromatic carbocycles. The molecule has 0 atom stereocenters. The molecule has 0 bridgehead atoms. The molecule has 0 fully saturated rings. The molecule has 1 N–H and O–H groups in total. The molecule has 0 spiro atoms. The van der Waals surface area contributed by atoms with Gasteiger partial charge in [0.1, 0.15) is 12.4 Å². The molecule has 4 heteroatoms. The summed E-state index contributed by atoms with van der Waals surface area (Å²) in [6.07, 6.45) is 1.59. The molecular formula is C13H12ClNO2. The van der Waals surface area contributed by atoms with E-state index in [2.05, 4.69) is 4.98 Å². The second kappa shape index (κ2) is 5.66. The van der Waals surface area contributed by atoms with Gasteiger partial charge in [-0.05, 0) is 29.8 Å². The van der Waals surface area contributed by atoms with Crippen molar-refractivity contribution in [3.63, 3.8) is 0 Å². The van der Waals surface area contributed by atoms with E-state index in [1.54, 1.807) is 18.3 Å². The van der Waals surface area contributed by atoms with E-state index in [0.29, 0.717) is 17.4 Å². The highest BCUT2D eigenvalue weighted by atomic mass is 35.5. The van der Waals surface area contributed by atoms with E-state index >= 15 is 0 Å². The van der Waals surface area contributed by atoms with Gasteiger partial charge < -0.3 is 9.84 Å². The molecular weight excluding hydrogens is 238 g/mol. The van der Waals surface area contributed by atoms with Gasteiger partial charge in [0.05, 0.1) is 17.3 Å². The van der Waals surface area contributed by atoms with Crippen molar-refractivity contribution in [3.05, 3.63) is 58.9 Å². The van der Waals surface area contributed by atoms with Gasteiger partial charge in [0.2, 0.25) is 0 Å². The quantitative estimate of drug-likeness (QED) is 0.906. The third kappa shape index (κ3) is 3.44. The molecule has 0 saturated heterocycles. The number of nitrogens with zero attached hydrogens (tertiary/aromatic N) is 1. The van der Waals surface area contributed by atoms with Crippen LogP contribution in [0, 0.1) is 0 Å². The molecule has 0 radical (unpaired) electrons. The Balaban J connectivity index is 1.99. The molecule has 3 nitrogen and oxygen atoms in total. The Labute approximate surface area is 105 Å². The van der Waals surface area contributed by atoms with Crippen LogP contribution in [0.1, 0.15) is 11.3 Å². The zero-order chi connectivity index (χ0) is 12.1. The highest BCUT2D eigenvalue weighted by molar-refractivity contribution is 6.30. The van der Waals surface area contributed by atoms with Crippen molar-refractivity contribution >= 4 is 11.6 Å². The van der Waals surface area contributed by atoms with Crippen LogP contribution in [-0.2, 0) is 13.2 Å². The standard InChI is InChI=1S/C13H12ClNO2/c14-11-4-5-12(15-7-11)9-17-13-3-1-2-10(6-13)8-16/h1-7,16H,8-9H2. The second-order valence-corrected chi connectivity index (χ2v) is 4.00. The van der Waals surface area contributed by atoms with Crippen LogP contribution in [0.25, 0.3) is 0 Å². The average Bonchev–Trinajstić information content (AvgIpc) is 2.38. The van der Waals surface area contributed by atoms with Crippen LogP contribution in [0.15, 0.2) is 42.6 Å². The number of ether oxygens (including phenoxy) is 1. The first-order valence-electron chi connectivity index (χ1n) is 5.21. The average molecular weight is 250 g/mol. The second-order valence-electron chi connectivity index (χ2n) is 3.56. The number of hydrogen-bond acceptors (Lipinski definition) is 3. The van der Waals surface area contributed by atoms with Gasteiger partial charge in [0.25, 0.3) is 0 Å². The fraction of sp³-hybridized carbons (Fsp3) is 0.154. The summed E-state index contributed by atoms with van der Waals surface area (Å²) in [5.74, 6) is 0.716. The summed E-state index contributed by atoms with van der Waals surface area (Å²) in [7, 11) is 0. The normalized spacial score (nSPS) is 10.2. The minimum Gasteiger partial charge on any atom is -0.487 e. The predicted molar refractivity (Wildman–Crippen MR) is 65.9 cm³/mol. The maximum Gasteiger partial charge on any atom is 0.130 e. The van der Waals surface area contributed by atoms with E-state index in [0.717, 1.165) is 11.3 Å². The highest BCUT2D eigenvalue weighted by Crippen LogP contribution is 2.15. The lowest BCUT2D eigenvalue weighted by molar-refractivity contribution is 0.277. The Bertz CT molecular complexity index is 485. The van der Waals surface area contributed by atoms with Crippen molar-refractivity contribution in [2.75, 3.05) is 0 Å². The summed E-state index contributed by atoms with van der Waals surface area (Å²) in [6, 6.07) is 10.9. The highest BCUT2D eigenvalue weighted by Gasteiger charge is 1.98. The Morgan fingerprint density at radius 2 is 2.12 bits per heavy atom. The van der Waals surface area contributed by atoms with E-state index in [1.807, 2.05) is 24.3 Å². The maximum absolute atomic E-state index is 9.00. The number of halogens is 1. The first-order valence-corrected chi connectivity index (χ1v) is 5.59. The van der Waals surface area contributed by atoms with Gasteiger partial charge in [0, 0.05) is 6.20 Å². The molecule has 0 aliphatic carbocycles. The molecule has 88 valence electrons. The van der Waals surface area contributed by atoms with Crippen LogP contribution < -0.4 is 4.74 Å². The Kier molecular flexibility index (Phi) is 3.96. The van der Waals surface area contributed by atoms with E-state index < -0.39 is 0 Å². The van der Waals surface area contributed by atoms with Gasteiger partial charge in [-0.3, -0.25) is 4.98 Å². The predicted octanol–water partition coefficient (Wildman–Crippen LogP) is 2.81. The molecule has 0 aliphatic heterocycles. The van der Waals surface area contributed by atoms with Crippen LogP contribution in [0.5, 0.6) is 5.75 Å². The van der Waals surface area contributed by atoms with Crippen LogP contribution in [-0.4, -0.2) is 10.1 Å². The van der Waals surface area contributed by atoms with Crippen molar-refractivity contribution < 1.29 is 9.84 Å². The van der Waals surface area contributed by atoms with Crippen molar-refractivity contribution in [2.24, 2.45) is 0 Å². The fourth-order valence-corrected chi connectivity index (χ4v) is 1.49. The Morgan fingerprint density at radius 3 is 2.82 bits per heavy atom. The number of benzene rings is 1. The Morgan fingerprint density at radius 1 is 1.24 bits per heavy atom. The van der Waals surface area contributed by atoms with Crippen molar-refractivity contribution in [1.29, 1.82) is 0 Å². The minimum atomic E-state index is 0.0103. The third-order valence-electron chi connectivity index (χ3n) is 2.26. The fourth-order valence-electron chi connectivity index (χ4n) is 1.38. The largest absolute Gasteiger partial charge is 0.487 e. The summed E-state index contributed by atoms with van der Waals surface area (Å²) >= 11 is 5.74. The molecule has 17 heavy (non-hydrogen) atoms. The molecule has 2 rings (SSSR count). The number of aromatic nitrogens is 1. The van der Waals surface area contributed by atoms with Gasteiger partial charge in [0.15, 0.2) is 0 Å². The van der Waals surface area contributed by atoms with Crippen LogP contribution >= 0.6 is 11.6 Å². The molecule has 1 aromatic heterocycles. The molecule has 0 amide bonds. The first kappa shape index (κ1) is 11.9. The van der Waals surface area contributed by atoms with Gasteiger partial charge in [-0.25, -0.2) is 0 Å². The van der Waals surface area contributed by atoms with Crippen molar-refractivity contribution in [2.45, 2.75) is 13.2 Å². The van der Waals surface area contributed by atoms with Crippen LogP contribution in [0.3, 0.4) is 0 Å². The molecule has 1 heterocycles. The smallest absolute Gasteiger partial charge is 0.130 e. The first-order chi connectivity index (χ1) is 8.28. The molecule has 0 unspecified atom stereocenters. The van der Waals surface area contributed by atoms with Crippen LogP contribution in [0.2, 0.25) is 5.02 Å². The van der Waals surface area contributed by atoms with Gasteiger partial charge >= 0.3 is 0 Å². The van der Waals surface area contributed by atoms with Gasteiger partial charge in [-0.1, -0.05) is 23.7 Å². The summed E-state index contributed by atoms with van der Waals surface area (Å²) in [4.78, 5) is 4.13. The number of pyridine rings is 1. The van der Waals surface area contributed by atoms with Crippen molar-refractivity contribution in [3.8, 4) is 5.75 Å². The number of aliphatic hydroxyl groups excluding tert-OH is 1. The number of hydrogen-bond donors (Lipinski definition) is 1. The number of aliphatic hydroxyl groups is 1. The summed E-state index contributed by atoms with van der Waals surface area (Å²) in [5.41, 5.74) is 1.63. The van der Waals surface area contributed by atoms with E-state index in [-0.39, 0.29) is 6.61 Å². The minimum absolute atomic E-state index is 0.0103. The lowest BCUT2D eigenvalue weighted by Gasteiger charge is -2.06. The summed E-state index contributed by atoms with van der Waals surface area (Å²) < 4.78 is 5.56. The topological polar surface area (TPSA) is 42.4 Å². The summed E-state index contributed by atoms with van der Waals surface area (Å²) in [5, 5.41) is 9.60. The van der Waals surface area contributed by atoms with Gasteiger partial charge in [-0.2, -0.15) is 0 Å². The lowest BCUT2D eigenvalue weighted by Crippen LogP contribution is -1.98. The zero-order valence-corrected chi connectivity index (χ0v) is 9.89. The van der Waals surface area contributed by atoms with Gasteiger partial charge in [-0.15, -0.1) is 0 Å². The van der Waals surface area contributed by atoms with E-state index in [1.165, 1.54) is 0 Å². The van der Waals surface area contributed by atoms with E-state index in [9.17, 15) is 0 Å². The Hall–Kier alpha value is -1.58. The molecule has 0 aliphatic rings. The van der Waals surface area contributed by atoms with Crippen LogP contribution in [0.4, 0.5) is 0 Å². The zero-order valence-electron chi connectivity index (χ0n) is 9.14. The van der Waals surface area contributed by atoms with E-state index in [4.69, 9.17) is 21.4 Å².